The number of nitrogens with one attached hydrogen (secondary N) is 1. The molecular weight excluding hydrogens is 352 g/mol. The van der Waals surface area contributed by atoms with Gasteiger partial charge in [-0.25, -0.2) is 0 Å². The number of hydrogen-bond donors (Lipinski definition) is 1. The number of hydrogen-bond acceptors (Lipinski definition) is 4. The fourth-order valence-corrected chi connectivity index (χ4v) is 3.57. The second kappa shape index (κ2) is 8.13. The maximum absolute atomic E-state index is 12.5. The van der Waals surface area contributed by atoms with E-state index >= 15 is 0 Å². The number of methoxy groups -OCH3 is 1. The SMILES string of the molecule is COc1cc2c(cc1CNCc1cc(C)c(OC(F)F)c(C)c1)OC(C)C2. The van der Waals surface area contributed by atoms with Crippen LogP contribution >= 0.6 is 0 Å². The molecular formula is C21H25F2NO3. The summed E-state index contributed by atoms with van der Waals surface area (Å²) in [6.07, 6.45) is 1.08. The largest absolute Gasteiger partial charge is 0.496 e. The molecule has 2 aromatic rings. The maximum Gasteiger partial charge on any atom is 0.387 e. The molecule has 1 N–H and O–H groups in total. The molecule has 0 saturated carbocycles. The van der Waals surface area contributed by atoms with Gasteiger partial charge in [0.2, 0.25) is 0 Å². The highest BCUT2D eigenvalue weighted by Gasteiger charge is 2.21. The summed E-state index contributed by atoms with van der Waals surface area (Å²) in [5.74, 6) is 2.01. The Hall–Kier alpha value is -2.34. The first-order chi connectivity index (χ1) is 12.9. The van der Waals surface area contributed by atoms with Gasteiger partial charge in [-0.3, -0.25) is 0 Å². The Kier molecular flexibility index (Phi) is 5.85. The molecule has 3 rings (SSSR count). The molecule has 0 spiro atoms. The lowest BCUT2D eigenvalue weighted by Gasteiger charge is -2.15. The van der Waals surface area contributed by atoms with Crippen molar-refractivity contribution < 1.29 is 23.0 Å². The number of benzene rings is 2. The zero-order valence-corrected chi connectivity index (χ0v) is 16.1. The van der Waals surface area contributed by atoms with E-state index in [0.29, 0.717) is 24.2 Å². The summed E-state index contributed by atoms with van der Waals surface area (Å²) >= 11 is 0. The minimum absolute atomic E-state index is 0.188. The van der Waals surface area contributed by atoms with Crippen LogP contribution in [0.25, 0.3) is 0 Å². The number of alkyl halides is 2. The van der Waals surface area contributed by atoms with E-state index in [1.807, 2.05) is 24.3 Å². The van der Waals surface area contributed by atoms with Gasteiger partial charge in [0.15, 0.2) is 0 Å². The smallest absolute Gasteiger partial charge is 0.387 e. The van der Waals surface area contributed by atoms with Crippen molar-refractivity contribution in [1.29, 1.82) is 0 Å². The molecule has 0 saturated heterocycles. The molecule has 1 aliphatic rings. The van der Waals surface area contributed by atoms with Gasteiger partial charge in [-0.2, -0.15) is 8.78 Å². The van der Waals surface area contributed by atoms with Gasteiger partial charge in [0, 0.05) is 30.6 Å². The fraction of sp³-hybridized carbons (Fsp3) is 0.429. The third-order valence-electron chi connectivity index (χ3n) is 4.67. The highest BCUT2D eigenvalue weighted by Crippen LogP contribution is 2.35. The number of rotatable bonds is 7. The second-order valence-corrected chi connectivity index (χ2v) is 6.95. The van der Waals surface area contributed by atoms with Gasteiger partial charge in [-0.1, -0.05) is 12.1 Å². The summed E-state index contributed by atoms with van der Waals surface area (Å²) in [4.78, 5) is 0. The van der Waals surface area contributed by atoms with Crippen molar-refractivity contribution >= 4 is 0 Å². The molecule has 0 fully saturated rings. The van der Waals surface area contributed by atoms with E-state index in [4.69, 9.17) is 9.47 Å². The monoisotopic (exact) mass is 377 g/mol. The minimum Gasteiger partial charge on any atom is -0.496 e. The van der Waals surface area contributed by atoms with Gasteiger partial charge in [0.1, 0.15) is 23.4 Å². The van der Waals surface area contributed by atoms with Gasteiger partial charge >= 0.3 is 6.61 Å². The van der Waals surface area contributed by atoms with Crippen LogP contribution in [0.1, 0.15) is 34.7 Å². The van der Waals surface area contributed by atoms with E-state index in [1.165, 1.54) is 5.56 Å². The van der Waals surface area contributed by atoms with Gasteiger partial charge in [-0.05, 0) is 49.6 Å². The molecule has 0 aromatic heterocycles. The Bertz CT molecular complexity index is 800. The van der Waals surface area contributed by atoms with Crippen LogP contribution in [-0.4, -0.2) is 19.8 Å². The third-order valence-corrected chi connectivity index (χ3v) is 4.67. The molecule has 2 aromatic carbocycles. The van der Waals surface area contributed by atoms with Gasteiger partial charge in [-0.15, -0.1) is 0 Å². The normalized spacial score (nSPS) is 15.6. The van der Waals surface area contributed by atoms with E-state index in [0.717, 1.165) is 29.0 Å². The molecule has 1 aliphatic heterocycles. The van der Waals surface area contributed by atoms with Crippen molar-refractivity contribution in [3.05, 3.63) is 52.1 Å². The number of fused-ring (bicyclic) bond motifs is 1. The van der Waals surface area contributed by atoms with Crippen LogP contribution in [0.2, 0.25) is 0 Å². The summed E-state index contributed by atoms with van der Waals surface area (Å²) in [6, 6.07) is 7.80. The van der Waals surface area contributed by atoms with Gasteiger partial charge in [0.05, 0.1) is 7.11 Å². The van der Waals surface area contributed by atoms with Crippen molar-refractivity contribution in [1.82, 2.24) is 5.32 Å². The maximum atomic E-state index is 12.5. The Labute approximate surface area is 158 Å². The van der Waals surface area contributed by atoms with Gasteiger partial charge < -0.3 is 19.5 Å². The Morgan fingerprint density at radius 2 is 1.85 bits per heavy atom. The predicted octanol–water partition coefficient (Wildman–Crippen LogP) is 4.53. The van der Waals surface area contributed by atoms with Crippen molar-refractivity contribution in [2.24, 2.45) is 0 Å². The molecule has 146 valence electrons. The first-order valence-corrected chi connectivity index (χ1v) is 8.99. The highest BCUT2D eigenvalue weighted by atomic mass is 19.3. The summed E-state index contributed by atoms with van der Waals surface area (Å²) < 4.78 is 41.0. The molecule has 6 heteroatoms. The number of aryl methyl sites for hydroxylation is 2. The average molecular weight is 377 g/mol. The lowest BCUT2D eigenvalue weighted by atomic mass is 10.0. The van der Waals surface area contributed by atoms with E-state index in [9.17, 15) is 8.78 Å². The lowest BCUT2D eigenvalue weighted by molar-refractivity contribution is -0.0507. The summed E-state index contributed by atoms with van der Waals surface area (Å²) in [5.41, 5.74) is 4.60. The van der Waals surface area contributed by atoms with Gasteiger partial charge in [0.25, 0.3) is 0 Å². The third kappa shape index (κ3) is 4.50. The van der Waals surface area contributed by atoms with Crippen LogP contribution in [0, 0.1) is 13.8 Å². The van der Waals surface area contributed by atoms with E-state index in [1.54, 1.807) is 21.0 Å². The number of ether oxygens (including phenoxy) is 3. The zero-order chi connectivity index (χ0) is 19.6. The first-order valence-electron chi connectivity index (χ1n) is 8.99. The summed E-state index contributed by atoms with van der Waals surface area (Å²) in [6.45, 7) is 4.00. The molecule has 0 amide bonds. The molecule has 1 atom stereocenters. The van der Waals surface area contributed by atoms with E-state index < -0.39 is 6.61 Å². The highest BCUT2D eigenvalue weighted by molar-refractivity contribution is 5.49. The summed E-state index contributed by atoms with van der Waals surface area (Å²) in [7, 11) is 1.67. The molecule has 1 unspecified atom stereocenters. The first kappa shape index (κ1) is 19.4. The quantitative estimate of drug-likeness (QED) is 0.770. The van der Waals surface area contributed by atoms with Crippen LogP contribution in [0.15, 0.2) is 24.3 Å². The Balaban J connectivity index is 1.67. The number of halogens is 2. The molecule has 4 nitrogen and oxygen atoms in total. The molecule has 0 aliphatic carbocycles. The zero-order valence-electron chi connectivity index (χ0n) is 16.1. The van der Waals surface area contributed by atoms with Crippen molar-refractivity contribution in [2.45, 2.75) is 53.0 Å². The van der Waals surface area contributed by atoms with Crippen molar-refractivity contribution in [3.63, 3.8) is 0 Å². The lowest BCUT2D eigenvalue weighted by Crippen LogP contribution is -2.14. The topological polar surface area (TPSA) is 39.7 Å². The van der Waals surface area contributed by atoms with E-state index in [2.05, 4.69) is 17.0 Å². The van der Waals surface area contributed by atoms with Crippen LogP contribution in [0.4, 0.5) is 8.78 Å². The Morgan fingerprint density at radius 1 is 1.15 bits per heavy atom. The predicted molar refractivity (Wildman–Crippen MR) is 99.9 cm³/mol. The minimum atomic E-state index is -2.82. The molecule has 1 heterocycles. The fourth-order valence-electron chi connectivity index (χ4n) is 3.57. The van der Waals surface area contributed by atoms with Crippen LogP contribution < -0.4 is 19.5 Å². The summed E-state index contributed by atoms with van der Waals surface area (Å²) in [5, 5.41) is 3.39. The second-order valence-electron chi connectivity index (χ2n) is 6.95. The Morgan fingerprint density at radius 3 is 2.48 bits per heavy atom. The average Bonchev–Trinajstić information content (AvgIpc) is 2.96. The van der Waals surface area contributed by atoms with E-state index in [-0.39, 0.29) is 11.9 Å². The van der Waals surface area contributed by atoms with Crippen molar-refractivity contribution in [3.8, 4) is 17.2 Å². The standard InChI is InChI=1S/C21H25F2NO3/c1-12-5-15(6-13(2)20(12)27-21(22)23)10-24-11-17-9-19-16(7-14(3)26-19)8-18(17)25-4/h5-6,8-9,14,21,24H,7,10-11H2,1-4H3. The molecule has 27 heavy (non-hydrogen) atoms. The van der Waals surface area contributed by atoms with Crippen LogP contribution in [0.3, 0.4) is 0 Å². The van der Waals surface area contributed by atoms with Crippen LogP contribution in [0.5, 0.6) is 17.2 Å². The van der Waals surface area contributed by atoms with Crippen LogP contribution in [-0.2, 0) is 19.5 Å². The van der Waals surface area contributed by atoms with Crippen molar-refractivity contribution in [2.75, 3.05) is 7.11 Å². The molecule has 0 bridgehead atoms. The molecule has 0 radical (unpaired) electrons.